The molecule has 0 amide bonds. The summed E-state index contributed by atoms with van der Waals surface area (Å²) >= 11 is 0. The zero-order chi connectivity index (χ0) is 20.8. The van der Waals surface area contributed by atoms with Crippen molar-refractivity contribution in [3.63, 3.8) is 0 Å². The monoisotopic (exact) mass is 385 g/mol. The van der Waals surface area contributed by atoms with E-state index in [-0.39, 0.29) is 11.7 Å². The summed E-state index contributed by atoms with van der Waals surface area (Å²) in [5, 5.41) is 0. The van der Waals surface area contributed by atoms with Crippen molar-refractivity contribution < 1.29 is 23.7 Å². The van der Waals surface area contributed by atoms with Crippen LogP contribution in [0, 0.1) is 5.92 Å². The van der Waals surface area contributed by atoms with Crippen LogP contribution in [0.5, 0.6) is 23.0 Å². The summed E-state index contributed by atoms with van der Waals surface area (Å²) in [4.78, 5) is 13.2. The number of nitrogens with two attached hydrogens (primary N) is 1. The molecule has 0 radical (unpaired) electrons. The highest BCUT2D eigenvalue weighted by Gasteiger charge is 2.20. The lowest BCUT2D eigenvalue weighted by Crippen LogP contribution is -2.10. The fraction of sp³-hybridized carbons (Fsp3) is 0.318. The van der Waals surface area contributed by atoms with Crippen LogP contribution in [0.1, 0.15) is 29.8 Å². The summed E-state index contributed by atoms with van der Waals surface area (Å²) < 4.78 is 21.5. The highest BCUT2D eigenvalue weighted by atomic mass is 16.5. The normalized spacial score (nSPS) is 11.3. The van der Waals surface area contributed by atoms with E-state index in [0.29, 0.717) is 39.8 Å². The van der Waals surface area contributed by atoms with Crippen molar-refractivity contribution in [3.8, 4) is 23.0 Å². The van der Waals surface area contributed by atoms with Crippen molar-refractivity contribution in [2.75, 3.05) is 34.2 Å². The topological polar surface area (TPSA) is 80.0 Å². The molecule has 0 aliphatic carbocycles. The number of allylic oxidation sites excluding steroid dienone is 1. The fourth-order valence-electron chi connectivity index (χ4n) is 2.92. The maximum atomic E-state index is 13.2. The van der Waals surface area contributed by atoms with Crippen LogP contribution in [-0.4, -0.2) is 34.2 Å². The maximum Gasteiger partial charge on any atom is 0.203 e. The van der Waals surface area contributed by atoms with Crippen molar-refractivity contribution in [2.24, 2.45) is 5.92 Å². The lowest BCUT2D eigenvalue weighted by molar-refractivity contribution is 0.102. The van der Waals surface area contributed by atoms with Gasteiger partial charge in [-0.05, 0) is 42.3 Å². The van der Waals surface area contributed by atoms with Gasteiger partial charge in [-0.3, -0.25) is 4.79 Å². The molecule has 0 saturated carbocycles. The molecule has 2 aromatic rings. The number of Topliss-reactive ketones (excluding diaryl/α,β-unsaturated/α-hetero) is 1. The predicted octanol–water partition coefficient (Wildman–Crippen LogP) is 4.23. The first-order chi connectivity index (χ1) is 13.4. The molecule has 2 N–H and O–H groups in total. The molecular formula is C22H27NO5. The molecule has 0 aromatic heterocycles. The fourth-order valence-corrected chi connectivity index (χ4v) is 2.92. The van der Waals surface area contributed by atoms with Gasteiger partial charge in [0.05, 0.1) is 34.1 Å². The van der Waals surface area contributed by atoms with Gasteiger partial charge in [0.1, 0.15) is 5.75 Å². The predicted molar refractivity (Wildman–Crippen MR) is 111 cm³/mol. The Morgan fingerprint density at radius 1 is 0.893 bits per heavy atom. The van der Waals surface area contributed by atoms with Crippen LogP contribution in [0.25, 0.3) is 6.08 Å². The van der Waals surface area contributed by atoms with Gasteiger partial charge < -0.3 is 24.7 Å². The summed E-state index contributed by atoms with van der Waals surface area (Å²) in [6.07, 6.45) is 1.82. The van der Waals surface area contributed by atoms with Crippen molar-refractivity contribution >= 4 is 17.5 Å². The minimum atomic E-state index is -0.106. The maximum absolute atomic E-state index is 13.2. The SMILES string of the molecule is COc1cc(C(=O)/C(=C/c2ccc(OC)c(OC)c2OC)C(C)C)ccc1N. The summed E-state index contributed by atoms with van der Waals surface area (Å²) in [5.41, 5.74) is 8.20. The second-order valence-corrected chi connectivity index (χ2v) is 6.46. The van der Waals surface area contributed by atoms with Gasteiger partial charge in [0.25, 0.3) is 0 Å². The van der Waals surface area contributed by atoms with E-state index in [1.165, 1.54) is 7.11 Å². The van der Waals surface area contributed by atoms with Crippen LogP contribution >= 0.6 is 0 Å². The number of rotatable bonds is 8. The molecule has 0 saturated heterocycles. The first kappa shape index (κ1) is 21.2. The van der Waals surface area contributed by atoms with Gasteiger partial charge in [-0.25, -0.2) is 0 Å². The van der Waals surface area contributed by atoms with Gasteiger partial charge in [-0.1, -0.05) is 13.8 Å². The molecule has 0 fully saturated rings. The molecule has 150 valence electrons. The Morgan fingerprint density at radius 3 is 2.07 bits per heavy atom. The molecule has 2 rings (SSSR count). The third kappa shape index (κ3) is 4.22. The number of ether oxygens (including phenoxy) is 4. The highest BCUT2D eigenvalue weighted by molar-refractivity contribution is 6.12. The van der Waals surface area contributed by atoms with Crippen LogP contribution in [0.4, 0.5) is 5.69 Å². The van der Waals surface area contributed by atoms with Gasteiger partial charge in [-0.15, -0.1) is 0 Å². The summed E-state index contributed by atoms with van der Waals surface area (Å²) in [5.74, 6) is 1.87. The summed E-state index contributed by atoms with van der Waals surface area (Å²) in [6, 6.07) is 8.63. The Balaban J connectivity index is 2.58. The van der Waals surface area contributed by atoms with Crippen LogP contribution in [0.2, 0.25) is 0 Å². The number of ketones is 1. The standard InChI is InChI=1S/C22H27NO5/c1-13(2)16(20(24)14-7-9-17(23)19(12-14)26-4)11-15-8-10-18(25-3)22(28-6)21(15)27-5/h7-13H,23H2,1-6H3/b16-11+. The zero-order valence-electron chi connectivity index (χ0n) is 17.2. The molecule has 0 atom stereocenters. The Hall–Kier alpha value is -3.15. The lowest BCUT2D eigenvalue weighted by Gasteiger charge is -2.16. The van der Waals surface area contributed by atoms with E-state index in [1.54, 1.807) is 45.6 Å². The second-order valence-electron chi connectivity index (χ2n) is 6.46. The van der Waals surface area contributed by atoms with E-state index in [2.05, 4.69) is 0 Å². The minimum absolute atomic E-state index is 0.0196. The van der Waals surface area contributed by atoms with Gasteiger partial charge in [0.15, 0.2) is 17.3 Å². The Bertz CT molecular complexity index is 887. The number of methoxy groups -OCH3 is 4. The molecule has 2 aromatic carbocycles. The van der Waals surface area contributed by atoms with Crippen LogP contribution < -0.4 is 24.7 Å². The van der Waals surface area contributed by atoms with Gasteiger partial charge in [-0.2, -0.15) is 0 Å². The minimum Gasteiger partial charge on any atom is -0.495 e. The highest BCUT2D eigenvalue weighted by Crippen LogP contribution is 2.41. The molecule has 0 heterocycles. The Labute approximate surface area is 165 Å². The molecule has 0 aliphatic rings. The third-order valence-electron chi connectivity index (χ3n) is 4.43. The van der Waals surface area contributed by atoms with E-state index in [0.717, 1.165) is 5.56 Å². The molecule has 0 aliphatic heterocycles. The first-order valence-corrected chi connectivity index (χ1v) is 8.86. The second kappa shape index (κ2) is 9.17. The molecule has 6 nitrogen and oxygen atoms in total. The van der Waals surface area contributed by atoms with Gasteiger partial charge in [0, 0.05) is 16.7 Å². The van der Waals surface area contributed by atoms with Gasteiger partial charge >= 0.3 is 0 Å². The Kier molecular flexibility index (Phi) is 6.93. The number of nitrogen functional groups attached to an aromatic ring is 1. The molecule has 0 spiro atoms. The third-order valence-corrected chi connectivity index (χ3v) is 4.43. The van der Waals surface area contributed by atoms with E-state index in [4.69, 9.17) is 24.7 Å². The first-order valence-electron chi connectivity index (χ1n) is 8.86. The number of anilines is 1. The molecular weight excluding hydrogens is 358 g/mol. The van der Waals surface area contributed by atoms with Crippen molar-refractivity contribution in [1.29, 1.82) is 0 Å². The van der Waals surface area contributed by atoms with Crippen LogP contribution in [0.3, 0.4) is 0 Å². The van der Waals surface area contributed by atoms with Crippen LogP contribution in [0.15, 0.2) is 35.9 Å². The van der Waals surface area contributed by atoms with Gasteiger partial charge in [0.2, 0.25) is 5.75 Å². The number of hydrogen-bond donors (Lipinski definition) is 1. The summed E-state index contributed by atoms with van der Waals surface area (Å²) in [6.45, 7) is 3.93. The quantitative estimate of drug-likeness (QED) is 0.416. The van der Waals surface area contributed by atoms with E-state index in [9.17, 15) is 4.79 Å². The Morgan fingerprint density at radius 2 is 1.54 bits per heavy atom. The van der Waals surface area contributed by atoms with Crippen molar-refractivity contribution in [3.05, 3.63) is 47.0 Å². The largest absolute Gasteiger partial charge is 0.495 e. The number of carbonyl (C=O) groups is 1. The molecule has 0 unspecified atom stereocenters. The number of hydrogen-bond acceptors (Lipinski definition) is 6. The lowest BCUT2D eigenvalue weighted by atomic mass is 9.92. The molecule has 0 bridgehead atoms. The van der Waals surface area contributed by atoms with E-state index >= 15 is 0 Å². The van der Waals surface area contributed by atoms with E-state index in [1.807, 2.05) is 26.0 Å². The average molecular weight is 385 g/mol. The zero-order valence-corrected chi connectivity index (χ0v) is 17.2. The number of carbonyl (C=O) groups excluding carboxylic acids is 1. The van der Waals surface area contributed by atoms with Crippen LogP contribution in [-0.2, 0) is 0 Å². The smallest absolute Gasteiger partial charge is 0.203 e. The molecule has 28 heavy (non-hydrogen) atoms. The van der Waals surface area contributed by atoms with E-state index < -0.39 is 0 Å². The van der Waals surface area contributed by atoms with Crippen molar-refractivity contribution in [1.82, 2.24) is 0 Å². The van der Waals surface area contributed by atoms with Crippen molar-refractivity contribution in [2.45, 2.75) is 13.8 Å². The molecule has 6 heteroatoms. The number of benzene rings is 2. The summed E-state index contributed by atoms with van der Waals surface area (Å²) in [7, 11) is 6.18. The average Bonchev–Trinajstić information content (AvgIpc) is 2.70.